The Kier molecular flexibility index (Phi) is 8.54. The molecule has 0 aliphatic rings. The first-order valence-electron chi connectivity index (χ1n) is 6.57. The maximum absolute atomic E-state index is 12.3. The monoisotopic (exact) mass is 325 g/mol. The van der Waals surface area contributed by atoms with E-state index in [1.807, 2.05) is 0 Å². The molecule has 0 aromatic carbocycles. The van der Waals surface area contributed by atoms with Crippen molar-refractivity contribution in [2.24, 2.45) is 5.92 Å². The van der Waals surface area contributed by atoms with Gasteiger partial charge in [0, 0.05) is 6.66 Å². The van der Waals surface area contributed by atoms with Crippen molar-refractivity contribution in [3.05, 3.63) is 0 Å². The average molecular weight is 325 g/mol. The van der Waals surface area contributed by atoms with Gasteiger partial charge in [0.1, 0.15) is 6.04 Å². The Morgan fingerprint density at radius 3 is 2.24 bits per heavy atom. The summed E-state index contributed by atoms with van der Waals surface area (Å²) in [5.41, 5.74) is 0. The minimum atomic E-state index is -3.38. The van der Waals surface area contributed by atoms with E-state index in [4.69, 9.17) is 9.26 Å². The molecule has 0 aromatic heterocycles. The molecule has 3 atom stereocenters. The Labute approximate surface area is 125 Å². The zero-order valence-electron chi connectivity index (χ0n) is 13.2. The van der Waals surface area contributed by atoms with Gasteiger partial charge in [0.05, 0.1) is 13.7 Å². The number of carbonyl (C=O) groups is 2. The zero-order valence-corrected chi connectivity index (χ0v) is 14.1. The Balaban J connectivity index is 4.63. The summed E-state index contributed by atoms with van der Waals surface area (Å²) in [6.45, 7) is 8.02. The highest BCUT2D eigenvalue weighted by Gasteiger charge is 2.31. The second-order valence-electron chi connectivity index (χ2n) is 4.69. The van der Waals surface area contributed by atoms with E-state index in [9.17, 15) is 14.2 Å². The van der Waals surface area contributed by atoms with Crippen LogP contribution in [0.15, 0.2) is 0 Å². The van der Waals surface area contributed by atoms with Crippen LogP contribution in [0.25, 0.3) is 0 Å². The molecule has 0 aliphatic carbocycles. The quantitative estimate of drug-likeness (QED) is 0.411. The third-order valence-electron chi connectivity index (χ3n) is 2.37. The highest BCUT2D eigenvalue weighted by molar-refractivity contribution is 7.56. The normalized spacial score (nSPS) is 16.7. The van der Waals surface area contributed by atoms with E-state index in [1.165, 1.54) is 20.7 Å². The van der Waals surface area contributed by atoms with Crippen LogP contribution in [0.3, 0.4) is 0 Å². The third kappa shape index (κ3) is 8.04. The van der Waals surface area contributed by atoms with Crippen molar-refractivity contribution >= 4 is 19.6 Å². The van der Waals surface area contributed by atoms with Crippen LogP contribution >= 0.6 is 7.52 Å². The number of nitrogens with one attached hydrogen (secondary N) is 1. The Morgan fingerprint density at radius 1 is 1.24 bits per heavy atom. The molecule has 0 radical (unpaired) electrons. The van der Waals surface area contributed by atoms with Gasteiger partial charge in [-0.3, -0.25) is 13.9 Å². The molecule has 0 bridgehead atoms. The SMILES string of the molecule is CCOC(=O)OC(C)OP(C)(=O)N[C@H](C(=O)OC)C(C)C. The molecular weight excluding hydrogens is 301 g/mol. The molecule has 0 spiro atoms. The lowest BCUT2D eigenvalue weighted by atomic mass is 10.1. The van der Waals surface area contributed by atoms with E-state index in [-0.39, 0.29) is 12.5 Å². The molecule has 0 saturated heterocycles. The van der Waals surface area contributed by atoms with Gasteiger partial charge >= 0.3 is 12.1 Å². The number of hydrogen-bond donors (Lipinski definition) is 1. The second kappa shape index (κ2) is 9.02. The summed E-state index contributed by atoms with van der Waals surface area (Å²) in [6.07, 6.45) is -2.00. The Hall–Kier alpha value is -1.11. The standard InChI is InChI=1S/C12H24NO7P/c1-7-18-12(15)19-9(4)20-21(6,16)13-10(8(2)3)11(14)17-5/h8-10H,7H2,1-6H3,(H,13,16)/t9?,10-,21?/m0/s1. The summed E-state index contributed by atoms with van der Waals surface area (Å²) in [5, 5.41) is 2.61. The summed E-state index contributed by atoms with van der Waals surface area (Å²) in [5.74, 6) is -0.703. The minimum absolute atomic E-state index is 0.157. The van der Waals surface area contributed by atoms with Gasteiger partial charge in [-0.1, -0.05) is 13.8 Å². The van der Waals surface area contributed by atoms with Crippen LogP contribution in [0.2, 0.25) is 0 Å². The number of esters is 1. The highest BCUT2D eigenvalue weighted by Crippen LogP contribution is 2.40. The van der Waals surface area contributed by atoms with Crippen molar-refractivity contribution in [3.8, 4) is 0 Å². The van der Waals surface area contributed by atoms with Crippen LogP contribution in [0, 0.1) is 5.92 Å². The van der Waals surface area contributed by atoms with Gasteiger partial charge in [-0.05, 0) is 19.8 Å². The molecule has 0 aliphatic heterocycles. The van der Waals surface area contributed by atoms with Crippen LogP contribution in [-0.2, 0) is 28.1 Å². The molecule has 0 rings (SSSR count). The van der Waals surface area contributed by atoms with Gasteiger partial charge in [-0.2, -0.15) is 0 Å². The van der Waals surface area contributed by atoms with Crippen molar-refractivity contribution < 1.29 is 32.9 Å². The van der Waals surface area contributed by atoms with Crippen molar-refractivity contribution in [1.29, 1.82) is 0 Å². The van der Waals surface area contributed by atoms with Gasteiger partial charge in [0.25, 0.3) is 7.52 Å². The smallest absolute Gasteiger partial charge is 0.468 e. The molecule has 0 aromatic rings. The van der Waals surface area contributed by atoms with Crippen LogP contribution in [0.5, 0.6) is 0 Å². The molecule has 0 saturated carbocycles. The third-order valence-corrected chi connectivity index (χ3v) is 3.82. The van der Waals surface area contributed by atoms with Gasteiger partial charge in [0.15, 0.2) is 0 Å². The van der Waals surface area contributed by atoms with Crippen molar-refractivity contribution in [2.45, 2.75) is 40.0 Å². The van der Waals surface area contributed by atoms with E-state index < -0.39 is 32.0 Å². The van der Waals surface area contributed by atoms with Crippen molar-refractivity contribution in [2.75, 3.05) is 20.4 Å². The van der Waals surface area contributed by atoms with Crippen molar-refractivity contribution in [3.63, 3.8) is 0 Å². The van der Waals surface area contributed by atoms with Gasteiger partial charge in [-0.15, -0.1) is 0 Å². The largest absolute Gasteiger partial charge is 0.510 e. The molecule has 0 heterocycles. The number of methoxy groups -OCH3 is 1. The van der Waals surface area contributed by atoms with Crippen molar-refractivity contribution in [1.82, 2.24) is 5.09 Å². The fourth-order valence-electron chi connectivity index (χ4n) is 1.48. The van der Waals surface area contributed by atoms with Gasteiger partial charge < -0.3 is 14.2 Å². The fourth-order valence-corrected chi connectivity index (χ4v) is 3.06. The first kappa shape index (κ1) is 19.9. The maximum Gasteiger partial charge on any atom is 0.510 e. The van der Waals surface area contributed by atoms with Crippen LogP contribution in [-0.4, -0.2) is 44.8 Å². The second-order valence-corrected chi connectivity index (χ2v) is 6.85. The molecular formula is C12H24NO7P. The molecule has 0 fully saturated rings. The molecule has 2 unspecified atom stereocenters. The summed E-state index contributed by atoms with van der Waals surface area (Å²) < 4.78 is 31.4. The molecule has 0 amide bonds. The molecule has 8 nitrogen and oxygen atoms in total. The summed E-state index contributed by atoms with van der Waals surface area (Å²) in [4.78, 5) is 22.7. The zero-order chi connectivity index (χ0) is 16.6. The van der Waals surface area contributed by atoms with E-state index in [0.29, 0.717) is 0 Å². The van der Waals surface area contributed by atoms with Crippen LogP contribution < -0.4 is 5.09 Å². The van der Waals surface area contributed by atoms with Crippen LogP contribution in [0.4, 0.5) is 4.79 Å². The molecule has 21 heavy (non-hydrogen) atoms. The lowest BCUT2D eigenvalue weighted by molar-refractivity contribution is -0.143. The predicted octanol–water partition coefficient (Wildman–Crippen LogP) is 2.13. The minimum Gasteiger partial charge on any atom is -0.468 e. The Bertz CT molecular complexity index is 399. The highest BCUT2D eigenvalue weighted by atomic mass is 31.2. The van der Waals surface area contributed by atoms with E-state index in [2.05, 4.69) is 14.6 Å². The topological polar surface area (TPSA) is 100 Å². The first-order valence-corrected chi connectivity index (χ1v) is 8.65. The fraction of sp³-hybridized carbons (Fsp3) is 0.833. The molecule has 1 N–H and O–H groups in total. The lowest BCUT2D eigenvalue weighted by Gasteiger charge is -2.25. The summed E-state index contributed by atoms with van der Waals surface area (Å²) in [7, 11) is -2.14. The van der Waals surface area contributed by atoms with Gasteiger partial charge in [-0.25, -0.2) is 9.88 Å². The number of hydrogen-bond acceptors (Lipinski definition) is 7. The van der Waals surface area contributed by atoms with Gasteiger partial charge in [0.2, 0.25) is 6.29 Å². The lowest BCUT2D eigenvalue weighted by Crippen LogP contribution is -2.40. The number of ether oxygens (including phenoxy) is 3. The summed E-state index contributed by atoms with van der Waals surface area (Å²) in [6, 6.07) is -0.791. The van der Waals surface area contributed by atoms with Crippen LogP contribution in [0.1, 0.15) is 27.7 Å². The molecule has 9 heteroatoms. The maximum atomic E-state index is 12.3. The Morgan fingerprint density at radius 2 is 1.81 bits per heavy atom. The van der Waals surface area contributed by atoms with E-state index in [1.54, 1.807) is 20.8 Å². The van der Waals surface area contributed by atoms with E-state index >= 15 is 0 Å². The number of carbonyl (C=O) groups excluding carboxylic acids is 2. The number of rotatable bonds is 8. The average Bonchev–Trinajstić information content (AvgIpc) is 2.34. The molecule has 124 valence electrons. The summed E-state index contributed by atoms with van der Waals surface area (Å²) >= 11 is 0. The van der Waals surface area contributed by atoms with E-state index in [0.717, 1.165) is 0 Å². The first-order chi connectivity index (χ1) is 9.62. The predicted molar refractivity (Wildman–Crippen MR) is 76.0 cm³/mol.